The van der Waals surface area contributed by atoms with Crippen molar-refractivity contribution >= 4 is 45.4 Å². The lowest BCUT2D eigenvalue weighted by Gasteiger charge is -2.35. The van der Waals surface area contributed by atoms with Gasteiger partial charge in [0, 0.05) is 58.9 Å². The van der Waals surface area contributed by atoms with Gasteiger partial charge in [0.1, 0.15) is 11.3 Å². The van der Waals surface area contributed by atoms with Gasteiger partial charge in [0.05, 0.1) is 44.8 Å². The van der Waals surface area contributed by atoms with Gasteiger partial charge in [0.15, 0.2) is 5.82 Å². The van der Waals surface area contributed by atoms with Crippen molar-refractivity contribution in [1.29, 1.82) is 0 Å². The number of hydrogen-bond donors (Lipinski definition) is 0. The molecule has 0 N–H and O–H groups in total. The van der Waals surface area contributed by atoms with Crippen molar-refractivity contribution in [3.05, 3.63) is 24.0 Å². The lowest BCUT2D eigenvalue weighted by molar-refractivity contribution is 0.0407. The number of morpholine rings is 2. The molecule has 18 heteroatoms. The third kappa shape index (κ3) is 6.82. The number of imidazole rings is 1. The van der Waals surface area contributed by atoms with Gasteiger partial charge in [0.2, 0.25) is 27.9 Å². The number of halogens is 3. The number of ether oxygens (including phenoxy) is 3. The Labute approximate surface area is 260 Å². The summed E-state index contributed by atoms with van der Waals surface area (Å²) in [6, 6.07) is 5.01. The molecule has 0 spiro atoms. The van der Waals surface area contributed by atoms with E-state index in [1.165, 1.54) is 16.0 Å². The number of piperazine rings is 1. The van der Waals surface area contributed by atoms with Gasteiger partial charge in [-0.25, -0.2) is 22.2 Å². The van der Waals surface area contributed by atoms with Crippen LogP contribution in [-0.4, -0.2) is 140 Å². The van der Waals surface area contributed by atoms with Crippen molar-refractivity contribution in [2.45, 2.75) is 6.43 Å². The van der Waals surface area contributed by atoms with Gasteiger partial charge in [-0.1, -0.05) is 6.07 Å². The number of rotatable bonds is 9. The summed E-state index contributed by atoms with van der Waals surface area (Å²) in [5, 5.41) is 0. The van der Waals surface area contributed by atoms with Crippen molar-refractivity contribution in [1.82, 2.24) is 33.7 Å². The summed E-state index contributed by atoms with van der Waals surface area (Å²) in [6.45, 7) is 6.33. The van der Waals surface area contributed by atoms with Crippen LogP contribution in [0, 0.1) is 0 Å². The number of hydrogen-bond acceptors (Lipinski definition) is 12. The zero-order chi connectivity index (χ0) is 30.0. The maximum Gasteiger partial charge on any atom is 0.296 e. The van der Waals surface area contributed by atoms with Crippen LogP contribution in [0.4, 0.5) is 20.7 Å². The molecule has 3 aromatic rings. The van der Waals surface area contributed by atoms with Crippen LogP contribution in [0.2, 0.25) is 0 Å². The number of methoxy groups -OCH3 is 1. The van der Waals surface area contributed by atoms with Gasteiger partial charge in [-0.3, -0.25) is 9.47 Å². The van der Waals surface area contributed by atoms with Crippen molar-refractivity contribution in [2.75, 3.05) is 108 Å². The zero-order valence-corrected chi connectivity index (χ0v) is 26.0. The molecule has 0 amide bonds. The maximum absolute atomic E-state index is 14.3. The number of sulfonamides is 1. The van der Waals surface area contributed by atoms with E-state index in [1.807, 2.05) is 9.80 Å². The van der Waals surface area contributed by atoms with Crippen molar-refractivity contribution < 1.29 is 31.4 Å². The first-order valence-corrected chi connectivity index (χ1v) is 15.9. The maximum atomic E-state index is 14.3. The summed E-state index contributed by atoms with van der Waals surface area (Å²) in [5.74, 6) is 0.485. The summed E-state index contributed by atoms with van der Waals surface area (Å²) in [7, 11) is -2.01. The predicted octanol–water partition coefficient (Wildman–Crippen LogP) is 1.20. The second-order valence-electron chi connectivity index (χ2n) is 10.4. The normalized spacial score (nSPS) is 19.0. The Morgan fingerprint density at radius 1 is 0.841 bits per heavy atom. The van der Waals surface area contributed by atoms with Crippen LogP contribution in [-0.2, 0) is 19.5 Å². The summed E-state index contributed by atoms with van der Waals surface area (Å²) in [4.78, 5) is 24.0. The smallest absolute Gasteiger partial charge is 0.296 e. The van der Waals surface area contributed by atoms with Gasteiger partial charge in [-0.2, -0.15) is 19.3 Å². The SMILES string of the molecule is COc1cccc2c1nc(C(F)F)n2-c1nc(N2CCOCC2)nc(N2CCN(S(=O)(=O)CCN3CCOCC3)CC2)n1.Cl. The van der Waals surface area contributed by atoms with Crippen LogP contribution in [0.1, 0.15) is 12.2 Å². The number of anilines is 2. The van der Waals surface area contributed by atoms with Crippen molar-refractivity contribution in [2.24, 2.45) is 0 Å². The molecule has 0 unspecified atom stereocenters. The molecule has 3 fully saturated rings. The second kappa shape index (κ2) is 14.0. The molecule has 3 saturated heterocycles. The van der Waals surface area contributed by atoms with Crippen LogP contribution in [0.5, 0.6) is 5.75 Å². The van der Waals surface area contributed by atoms with Crippen LogP contribution in [0.3, 0.4) is 0 Å². The average molecular weight is 660 g/mol. The summed E-state index contributed by atoms with van der Waals surface area (Å²) in [6.07, 6.45) is -2.91. The van der Waals surface area contributed by atoms with Crippen LogP contribution in [0.15, 0.2) is 18.2 Å². The highest BCUT2D eigenvalue weighted by molar-refractivity contribution is 7.89. The average Bonchev–Trinajstić information content (AvgIpc) is 3.45. The van der Waals surface area contributed by atoms with Gasteiger partial charge in [-0.05, 0) is 12.1 Å². The number of benzene rings is 1. The number of para-hydroxylation sites is 1. The Hall–Kier alpha value is -2.96. The van der Waals surface area contributed by atoms with Crippen LogP contribution >= 0.6 is 12.4 Å². The first kappa shape index (κ1) is 32.4. The molecule has 0 bridgehead atoms. The second-order valence-corrected chi connectivity index (χ2v) is 12.5. The summed E-state index contributed by atoms with van der Waals surface area (Å²) in [5.41, 5.74) is 0.641. The molecule has 5 heterocycles. The molecule has 14 nitrogen and oxygen atoms in total. The molecule has 0 atom stereocenters. The van der Waals surface area contributed by atoms with Gasteiger partial charge >= 0.3 is 0 Å². The lowest BCUT2D eigenvalue weighted by atomic mass is 10.3. The monoisotopic (exact) mass is 659 g/mol. The predicted molar refractivity (Wildman–Crippen MR) is 161 cm³/mol. The fraction of sp³-hybridized carbons (Fsp3) is 0.615. The fourth-order valence-electron chi connectivity index (χ4n) is 5.47. The van der Waals surface area contributed by atoms with Crippen LogP contribution in [0.25, 0.3) is 17.0 Å². The summed E-state index contributed by atoms with van der Waals surface area (Å²) >= 11 is 0. The van der Waals surface area contributed by atoms with Crippen LogP contribution < -0.4 is 14.5 Å². The number of aromatic nitrogens is 5. The summed E-state index contributed by atoms with van der Waals surface area (Å²) < 4.78 is 73.8. The topological polar surface area (TPSA) is 131 Å². The van der Waals surface area contributed by atoms with Crippen molar-refractivity contribution in [3.63, 3.8) is 0 Å². The number of fused-ring (bicyclic) bond motifs is 1. The van der Waals surface area contributed by atoms with E-state index in [0.717, 1.165) is 13.1 Å². The molecule has 0 saturated carbocycles. The first-order chi connectivity index (χ1) is 20.8. The molecule has 3 aliphatic heterocycles. The quantitative estimate of drug-likeness (QED) is 0.327. The third-order valence-electron chi connectivity index (χ3n) is 7.87. The number of alkyl halides is 2. The van der Waals surface area contributed by atoms with Gasteiger partial charge in [-0.15, -0.1) is 12.4 Å². The molecule has 0 radical (unpaired) electrons. The molecule has 242 valence electrons. The van der Waals surface area contributed by atoms with E-state index >= 15 is 0 Å². The van der Waals surface area contributed by atoms with E-state index in [9.17, 15) is 17.2 Å². The molecule has 2 aromatic heterocycles. The molecular weight excluding hydrogens is 624 g/mol. The minimum absolute atomic E-state index is 0. The Balaban J connectivity index is 0.00000384. The molecule has 0 aliphatic carbocycles. The van der Waals surface area contributed by atoms with E-state index in [-0.39, 0.29) is 48.7 Å². The molecule has 3 aliphatic rings. The van der Waals surface area contributed by atoms with Gasteiger partial charge < -0.3 is 24.0 Å². The minimum Gasteiger partial charge on any atom is -0.494 e. The van der Waals surface area contributed by atoms with E-state index in [1.54, 1.807) is 18.2 Å². The Morgan fingerprint density at radius 3 is 2.05 bits per heavy atom. The molecule has 44 heavy (non-hydrogen) atoms. The number of nitrogens with zero attached hydrogens (tertiary/aromatic N) is 9. The van der Waals surface area contributed by atoms with E-state index in [2.05, 4.69) is 19.9 Å². The molecular formula is C26H36ClF2N9O5S. The fourth-order valence-corrected chi connectivity index (χ4v) is 6.93. The highest BCUT2D eigenvalue weighted by atomic mass is 35.5. The van der Waals surface area contributed by atoms with E-state index in [4.69, 9.17) is 19.2 Å². The first-order valence-electron chi connectivity index (χ1n) is 14.3. The third-order valence-corrected chi connectivity index (χ3v) is 9.72. The highest BCUT2D eigenvalue weighted by Gasteiger charge is 2.31. The standard InChI is InChI=1S/C26H35F2N9O5S.ClH/c1-40-20-4-2-3-19-21(20)29-23(22(27)28)37(19)26-31-24(30-25(32-26)35-11-16-42-17-12-35)34-5-7-36(8-6-34)43(38,39)18-13-33-9-14-41-15-10-33;/h2-4,22H,5-18H2,1H3;1H. The molecule has 1 aromatic carbocycles. The molecule has 6 rings (SSSR count). The largest absolute Gasteiger partial charge is 0.494 e. The zero-order valence-electron chi connectivity index (χ0n) is 24.3. The van der Waals surface area contributed by atoms with E-state index < -0.39 is 22.3 Å². The van der Waals surface area contributed by atoms with Gasteiger partial charge in [0.25, 0.3) is 6.43 Å². The van der Waals surface area contributed by atoms with Crippen molar-refractivity contribution in [3.8, 4) is 11.7 Å². The lowest BCUT2D eigenvalue weighted by Crippen LogP contribution is -2.51. The Bertz CT molecular complexity index is 1530. The Kier molecular flexibility index (Phi) is 10.3. The van der Waals surface area contributed by atoms with E-state index in [0.29, 0.717) is 76.4 Å². The highest BCUT2D eigenvalue weighted by Crippen LogP contribution is 2.32. The minimum atomic E-state index is -3.46. The Morgan fingerprint density at radius 2 is 1.43 bits per heavy atom.